The molecule has 42 heavy (non-hydrogen) atoms. The molecule has 3 amide bonds. The molecule has 14 heteroatoms. The van der Waals surface area contributed by atoms with E-state index in [9.17, 15) is 27.6 Å². The van der Waals surface area contributed by atoms with Gasteiger partial charge in [-0.25, -0.2) is 15.0 Å². The Morgan fingerprint density at radius 2 is 1.88 bits per heavy atom. The van der Waals surface area contributed by atoms with E-state index in [0.717, 1.165) is 12.1 Å². The van der Waals surface area contributed by atoms with Crippen molar-refractivity contribution in [3.05, 3.63) is 82.8 Å². The van der Waals surface area contributed by atoms with Crippen LogP contribution in [0.1, 0.15) is 29.9 Å². The van der Waals surface area contributed by atoms with Gasteiger partial charge in [-0.1, -0.05) is 18.2 Å². The zero-order valence-electron chi connectivity index (χ0n) is 22.5. The summed E-state index contributed by atoms with van der Waals surface area (Å²) >= 11 is 0. The maximum atomic E-state index is 13.0. The Kier molecular flexibility index (Phi) is 8.84. The molecule has 0 bridgehead atoms. The smallest absolute Gasteiger partial charge is 0.416 e. The molecule has 0 radical (unpaired) electrons. The lowest BCUT2D eigenvalue weighted by atomic mass is 9.95. The maximum Gasteiger partial charge on any atom is 0.416 e. The van der Waals surface area contributed by atoms with E-state index in [-0.39, 0.29) is 34.2 Å². The van der Waals surface area contributed by atoms with E-state index in [1.54, 1.807) is 19.1 Å². The number of furan rings is 1. The topological polar surface area (TPSA) is 140 Å². The van der Waals surface area contributed by atoms with E-state index in [1.807, 2.05) is 0 Å². The molecule has 3 aromatic rings. The molecule has 0 unspecified atom stereocenters. The number of urea groups is 1. The predicted octanol–water partition coefficient (Wildman–Crippen LogP) is 4.30. The molecule has 4 rings (SSSR count). The number of carbonyl (C=O) groups is 3. The minimum Gasteiger partial charge on any atom is -0.493 e. The van der Waals surface area contributed by atoms with Gasteiger partial charge in [0.2, 0.25) is 0 Å². The van der Waals surface area contributed by atoms with Crippen LogP contribution in [0.25, 0.3) is 11.3 Å². The van der Waals surface area contributed by atoms with Crippen molar-refractivity contribution in [1.29, 1.82) is 0 Å². The highest BCUT2D eigenvalue weighted by atomic mass is 19.4. The van der Waals surface area contributed by atoms with Crippen LogP contribution >= 0.6 is 0 Å². The fraction of sp³-hybridized carbons (Fsp3) is 0.214. The van der Waals surface area contributed by atoms with E-state index < -0.39 is 42.3 Å². The summed E-state index contributed by atoms with van der Waals surface area (Å²) in [6.45, 7) is 1.13. The molecular formula is C28H25F3N4O7. The van der Waals surface area contributed by atoms with Crippen LogP contribution in [0.5, 0.6) is 11.5 Å². The molecule has 0 spiro atoms. The normalized spacial score (nSPS) is 15.2. The Bertz CT molecular complexity index is 1560. The average molecular weight is 587 g/mol. The summed E-state index contributed by atoms with van der Waals surface area (Å²) < 4.78 is 60.2. The van der Waals surface area contributed by atoms with Gasteiger partial charge >= 0.3 is 18.2 Å². The Labute approximate surface area is 237 Å². The van der Waals surface area contributed by atoms with E-state index in [1.165, 1.54) is 50.8 Å². The molecule has 0 saturated carbocycles. The van der Waals surface area contributed by atoms with Crippen molar-refractivity contribution < 1.29 is 46.2 Å². The lowest BCUT2D eigenvalue weighted by Gasteiger charge is -2.28. The number of halogens is 3. The highest BCUT2D eigenvalue weighted by Gasteiger charge is 2.33. The van der Waals surface area contributed by atoms with Gasteiger partial charge < -0.3 is 29.3 Å². The standard InChI is InChI=1S/C28H25F3N4O7/c1-15-24(26(37)40-3)25(34-27(38)33-15)17-7-9-21(22(12-17)39-2)41-14-23(36)35-32-13-19-8-10-20(42-19)16-5-4-6-18(11-16)28(29,30)31/h4-13,25H,14H2,1-3H3,(H,35,36)(H2,33,34,38)/b32-13-/t25-/m0/s1. The predicted molar refractivity (Wildman–Crippen MR) is 142 cm³/mol. The number of nitrogens with one attached hydrogen (secondary N) is 3. The van der Waals surface area contributed by atoms with Crippen LogP contribution in [0.15, 0.2) is 75.4 Å². The summed E-state index contributed by atoms with van der Waals surface area (Å²) in [5, 5.41) is 8.98. The van der Waals surface area contributed by atoms with Gasteiger partial charge in [0.1, 0.15) is 11.5 Å². The molecule has 11 nitrogen and oxygen atoms in total. The van der Waals surface area contributed by atoms with Gasteiger partial charge in [0.25, 0.3) is 5.91 Å². The number of amides is 3. The third-order valence-electron chi connectivity index (χ3n) is 6.04. The molecule has 0 saturated heterocycles. The Balaban J connectivity index is 1.37. The SMILES string of the molecule is COC(=O)C1=C(C)NC(=O)N[C@H]1c1ccc(OCC(=O)N/N=C\c2ccc(-c3cccc(C(F)(F)F)c3)o2)c(OC)c1. The lowest BCUT2D eigenvalue weighted by molar-refractivity contribution is -0.138. The van der Waals surface area contributed by atoms with Crippen LogP contribution in [0, 0.1) is 0 Å². The second-order valence-corrected chi connectivity index (χ2v) is 8.83. The number of carbonyl (C=O) groups excluding carboxylic acids is 3. The number of alkyl halides is 3. The first-order valence-electron chi connectivity index (χ1n) is 12.3. The van der Waals surface area contributed by atoms with Gasteiger partial charge in [0.15, 0.2) is 18.1 Å². The van der Waals surface area contributed by atoms with Gasteiger partial charge in [0, 0.05) is 11.3 Å². The highest BCUT2D eigenvalue weighted by Crippen LogP contribution is 2.35. The van der Waals surface area contributed by atoms with Crippen molar-refractivity contribution in [3.63, 3.8) is 0 Å². The second kappa shape index (κ2) is 12.5. The number of benzene rings is 2. The summed E-state index contributed by atoms with van der Waals surface area (Å²) in [6.07, 6.45) is -3.30. The maximum absolute atomic E-state index is 13.0. The van der Waals surface area contributed by atoms with E-state index >= 15 is 0 Å². The molecular weight excluding hydrogens is 561 g/mol. The quantitative estimate of drug-likeness (QED) is 0.193. The molecule has 1 aliphatic heterocycles. The van der Waals surface area contributed by atoms with Crippen LogP contribution in [-0.4, -0.2) is 44.9 Å². The molecule has 1 atom stereocenters. The van der Waals surface area contributed by atoms with Crippen molar-refractivity contribution in [2.24, 2.45) is 5.10 Å². The molecule has 2 heterocycles. The highest BCUT2D eigenvalue weighted by molar-refractivity contribution is 5.95. The number of hydrogen-bond acceptors (Lipinski definition) is 8. The van der Waals surface area contributed by atoms with Crippen LogP contribution in [0.3, 0.4) is 0 Å². The zero-order chi connectivity index (χ0) is 30.4. The minimum absolute atomic E-state index is 0.196. The third kappa shape index (κ3) is 6.89. The van der Waals surface area contributed by atoms with Crippen LogP contribution < -0.4 is 25.5 Å². The number of ether oxygens (including phenoxy) is 3. The largest absolute Gasteiger partial charge is 0.493 e. The number of rotatable bonds is 9. The molecule has 1 aromatic heterocycles. The zero-order valence-corrected chi connectivity index (χ0v) is 22.5. The van der Waals surface area contributed by atoms with Crippen LogP contribution in [-0.2, 0) is 20.5 Å². The Morgan fingerprint density at radius 1 is 1.10 bits per heavy atom. The first-order chi connectivity index (χ1) is 20.0. The fourth-order valence-electron chi connectivity index (χ4n) is 4.08. The number of hydrogen-bond donors (Lipinski definition) is 3. The van der Waals surface area contributed by atoms with Gasteiger partial charge in [0.05, 0.1) is 37.6 Å². The number of esters is 1. The van der Waals surface area contributed by atoms with Gasteiger partial charge in [-0.2, -0.15) is 18.3 Å². The monoisotopic (exact) mass is 586 g/mol. The van der Waals surface area contributed by atoms with Gasteiger partial charge in [-0.3, -0.25) is 4.79 Å². The summed E-state index contributed by atoms with van der Waals surface area (Å²) in [6, 6.07) is 11.0. The van der Waals surface area contributed by atoms with E-state index in [4.69, 9.17) is 18.6 Å². The Hall–Kier alpha value is -5.27. The second-order valence-electron chi connectivity index (χ2n) is 8.83. The van der Waals surface area contributed by atoms with E-state index in [0.29, 0.717) is 11.3 Å². The molecule has 0 fully saturated rings. The summed E-state index contributed by atoms with van der Waals surface area (Å²) in [4.78, 5) is 36.6. The lowest BCUT2D eigenvalue weighted by Crippen LogP contribution is -2.45. The first-order valence-corrected chi connectivity index (χ1v) is 12.3. The van der Waals surface area contributed by atoms with Crippen molar-refractivity contribution in [2.75, 3.05) is 20.8 Å². The third-order valence-corrected chi connectivity index (χ3v) is 6.04. The van der Waals surface area contributed by atoms with Crippen LogP contribution in [0.2, 0.25) is 0 Å². The molecule has 0 aliphatic carbocycles. The Morgan fingerprint density at radius 3 is 2.60 bits per heavy atom. The number of methoxy groups -OCH3 is 2. The molecule has 3 N–H and O–H groups in total. The first kappa shape index (κ1) is 29.7. The summed E-state index contributed by atoms with van der Waals surface area (Å²) in [7, 11) is 2.62. The van der Waals surface area contributed by atoms with Crippen molar-refractivity contribution in [1.82, 2.24) is 16.1 Å². The number of nitrogens with zero attached hydrogens (tertiary/aromatic N) is 1. The van der Waals surface area contributed by atoms with E-state index in [2.05, 4.69) is 21.2 Å². The van der Waals surface area contributed by atoms with Crippen molar-refractivity contribution in [3.8, 4) is 22.8 Å². The van der Waals surface area contributed by atoms with Crippen molar-refractivity contribution >= 4 is 24.1 Å². The number of allylic oxidation sites excluding steroid dienone is 1. The van der Waals surface area contributed by atoms with Crippen LogP contribution in [0.4, 0.5) is 18.0 Å². The molecule has 1 aliphatic rings. The minimum atomic E-state index is -4.49. The van der Waals surface area contributed by atoms with Gasteiger partial charge in [-0.05, 0) is 48.9 Å². The van der Waals surface area contributed by atoms with Crippen molar-refractivity contribution in [2.45, 2.75) is 19.1 Å². The summed E-state index contributed by atoms with van der Waals surface area (Å²) in [5.41, 5.74) is 2.75. The number of hydrazone groups is 1. The average Bonchev–Trinajstić information content (AvgIpc) is 3.44. The van der Waals surface area contributed by atoms with Gasteiger partial charge in [-0.15, -0.1) is 0 Å². The summed E-state index contributed by atoms with van der Waals surface area (Å²) in [5.74, 6) is -0.418. The molecule has 2 aromatic carbocycles. The fourth-order valence-corrected chi connectivity index (χ4v) is 4.08. The molecule has 220 valence electrons.